The SMILES string of the molecule is C=C/C=C(\C(=C)C(C)=O)C(=O)c1ccccc1. The van der Waals surface area contributed by atoms with Crippen molar-refractivity contribution < 1.29 is 9.59 Å². The van der Waals surface area contributed by atoms with E-state index in [1.54, 1.807) is 24.3 Å². The maximum atomic E-state index is 12.2. The second-order valence-corrected chi connectivity index (χ2v) is 3.55. The van der Waals surface area contributed by atoms with E-state index in [1.807, 2.05) is 6.07 Å². The van der Waals surface area contributed by atoms with Gasteiger partial charge in [0.2, 0.25) is 0 Å². The monoisotopic (exact) mass is 226 g/mol. The molecule has 2 heteroatoms. The number of hydrogen-bond acceptors (Lipinski definition) is 2. The summed E-state index contributed by atoms with van der Waals surface area (Å²) >= 11 is 0. The third kappa shape index (κ3) is 3.11. The van der Waals surface area contributed by atoms with E-state index >= 15 is 0 Å². The fourth-order valence-electron chi connectivity index (χ4n) is 1.37. The Kier molecular flexibility index (Phi) is 4.35. The van der Waals surface area contributed by atoms with Gasteiger partial charge in [-0.15, -0.1) is 0 Å². The number of Topliss-reactive ketones (excluding diaryl/α,β-unsaturated/α-hetero) is 2. The van der Waals surface area contributed by atoms with E-state index in [2.05, 4.69) is 13.2 Å². The highest BCUT2D eigenvalue weighted by Gasteiger charge is 2.16. The van der Waals surface area contributed by atoms with Gasteiger partial charge in [-0.25, -0.2) is 0 Å². The first-order valence-corrected chi connectivity index (χ1v) is 5.20. The van der Waals surface area contributed by atoms with Gasteiger partial charge < -0.3 is 0 Å². The van der Waals surface area contributed by atoms with Crippen LogP contribution in [0.4, 0.5) is 0 Å². The van der Waals surface area contributed by atoms with Crippen molar-refractivity contribution in [3.63, 3.8) is 0 Å². The average Bonchev–Trinajstić information content (AvgIpc) is 2.35. The maximum absolute atomic E-state index is 12.2. The summed E-state index contributed by atoms with van der Waals surface area (Å²) in [6.45, 7) is 8.56. The summed E-state index contributed by atoms with van der Waals surface area (Å²) in [7, 11) is 0. The van der Waals surface area contributed by atoms with Crippen molar-refractivity contribution in [1.29, 1.82) is 0 Å². The second kappa shape index (κ2) is 5.75. The Morgan fingerprint density at radius 2 is 1.76 bits per heavy atom. The average molecular weight is 226 g/mol. The van der Waals surface area contributed by atoms with Crippen LogP contribution in [0.1, 0.15) is 17.3 Å². The van der Waals surface area contributed by atoms with Crippen LogP contribution in [0.5, 0.6) is 0 Å². The van der Waals surface area contributed by atoms with E-state index in [4.69, 9.17) is 0 Å². The molecule has 0 heterocycles. The standard InChI is InChI=1S/C15H14O2/c1-4-8-14(11(2)12(3)16)15(17)13-9-6-5-7-10-13/h4-10H,1-2H2,3H3/b14-8+. The van der Waals surface area contributed by atoms with Crippen molar-refractivity contribution in [2.75, 3.05) is 0 Å². The summed E-state index contributed by atoms with van der Waals surface area (Å²) in [4.78, 5) is 23.4. The molecule has 1 aromatic carbocycles. The fraction of sp³-hybridized carbons (Fsp3) is 0.0667. The maximum Gasteiger partial charge on any atom is 0.193 e. The van der Waals surface area contributed by atoms with Crippen molar-refractivity contribution in [3.05, 3.63) is 72.4 Å². The van der Waals surface area contributed by atoms with E-state index in [-0.39, 0.29) is 17.1 Å². The third-order valence-corrected chi connectivity index (χ3v) is 2.32. The molecule has 0 aliphatic rings. The molecule has 0 aromatic heterocycles. The van der Waals surface area contributed by atoms with E-state index in [0.29, 0.717) is 11.1 Å². The first-order valence-electron chi connectivity index (χ1n) is 5.20. The molecule has 2 nitrogen and oxygen atoms in total. The van der Waals surface area contributed by atoms with Crippen LogP contribution >= 0.6 is 0 Å². The van der Waals surface area contributed by atoms with Crippen molar-refractivity contribution in [3.8, 4) is 0 Å². The van der Waals surface area contributed by atoms with Gasteiger partial charge in [0.1, 0.15) is 0 Å². The highest BCUT2D eigenvalue weighted by Crippen LogP contribution is 2.16. The Hall–Kier alpha value is -2.22. The molecule has 0 aliphatic carbocycles. The highest BCUT2D eigenvalue weighted by atomic mass is 16.1. The molecule has 0 saturated carbocycles. The molecule has 86 valence electrons. The lowest BCUT2D eigenvalue weighted by molar-refractivity contribution is -0.113. The third-order valence-electron chi connectivity index (χ3n) is 2.32. The lowest BCUT2D eigenvalue weighted by Crippen LogP contribution is -2.09. The van der Waals surface area contributed by atoms with Gasteiger partial charge in [0.25, 0.3) is 0 Å². The molecule has 0 amide bonds. The molecule has 0 N–H and O–H groups in total. The Labute approximate surface area is 101 Å². The lowest BCUT2D eigenvalue weighted by atomic mass is 9.95. The Morgan fingerprint density at radius 1 is 1.18 bits per heavy atom. The number of carbonyl (C=O) groups excluding carboxylic acids is 2. The van der Waals surface area contributed by atoms with Crippen LogP contribution in [0.3, 0.4) is 0 Å². The van der Waals surface area contributed by atoms with Gasteiger partial charge in [0, 0.05) is 16.7 Å². The Morgan fingerprint density at radius 3 is 2.24 bits per heavy atom. The molecule has 0 spiro atoms. The van der Waals surface area contributed by atoms with E-state index in [9.17, 15) is 9.59 Å². The molecular weight excluding hydrogens is 212 g/mol. The van der Waals surface area contributed by atoms with Crippen LogP contribution in [-0.2, 0) is 4.79 Å². The normalized spacial score (nSPS) is 10.8. The van der Waals surface area contributed by atoms with Gasteiger partial charge in [0.15, 0.2) is 11.6 Å². The topological polar surface area (TPSA) is 34.1 Å². The van der Waals surface area contributed by atoms with E-state index in [1.165, 1.54) is 19.1 Å². The molecule has 0 fully saturated rings. The van der Waals surface area contributed by atoms with Gasteiger partial charge in [-0.1, -0.05) is 55.6 Å². The van der Waals surface area contributed by atoms with Crippen LogP contribution in [0.25, 0.3) is 0 Å². The number of ketones is 2. The van der Waals surface area contributed by atoms with Crippen LogP contribution in [0, 0.1) is 0 Å². The molecule has 1 rings (SSSR count). The van der Waals surface area contributed by atoms with Gasteiger partial charge >= 0.3 is 0 Å². The van der Waals surface area contributed by atoms with Gasteiger partial charge in [-0.2, -0.15) is 0 Å². The molecule has 0 saturated heterocycles. The van der Waals surface area contributed by atoms with Crippen LogP contribution < -0.4 is 0 Å². The van der Waals surface area contributed by atoms with E-state index in [0.717, 1.165) is 0 Å². The quantitative estimate of drug-likeness (QED) is 0.439. The minimum atomic E-state index is -0.220. The van der Waals surface area contributed by atoms with Gasteiger partial charge in [0.05, 0.1) is 0 Å². The van der Waals surface area contributed by atoms with Crippen LogP contribution in [0.2, 0.25) is 0 Å². The molecular formula is C15H14O2. The molecule has 1 aromatic rings. The summed E-state index contributed by atoms with van der Waals surface area (Å²) in [6, 6.07) is 8.78. The van der Waals surface area contributed by atoms with Crippen molar-refractivity contribution in [2.24, 2.45) is 0 Å². The van der Waals surface area contributed by atoms with Crippen molar-refractivity contribution in [2.45, 2.75) is 6.92 Å². The number of allylic oxidation sites excluding steroid dienone is 4. The fourth-order valence-corrected chi connectivity index (χ4v) is 1.37. The molecule has 0 radical (unpaired) electrons. The first-order chi connectivity index (χ1) is 8.07. The minimum absolute atomic E-state index is 0.207. The molecule has 17 heavy (non-hydrogen) atoms. The zero-order chi connectivity index (χ0) is 12.8. The predicted octanol–water partition coefficient (Wildman–Crippen LogP) is 3.13. The van der Waals surface area contributed by atoms with Crippen molar-refractivity contribution >= 4 is 11.6 Å². The second-order valence-electron chi connectivity index (χ2n) is 3.55. The van der Waals surface area contributed by atoms with E-state index < -0.39 is 0 Å². The number of hydrogen-bond donors (Lipinski definition) is 0. The summed E-state index contributed by atoms with van der Waals surface area (Å²) in [6.07, 6.45) is 2.99. The largest absolute Gasteiger partial charge is 0.295 e. The van der Waals surface area contributed by atoms with Gasteiger partial charge in [-0.05, 0) is 6.92 Å². The molecule has 0 atom stereocenters. The smallest absolute Gasteiger partial charge is 0.193 e. The zero-order valence-electron chi connectivity index (χ0n) is 9.77. The number of carbonyl (C=O) groups is 2. The summed E-state index contributed by atoms with van der Waals surface area (Å²) in [5, 5.41) is 0. The van der Waals surface area contributed by atoms with Crippen molar-refractivity contribution in [1.82, 2.24) is 0 Å². The number of rotatable bonds is 5. The Balaban J connectivity index is 3.14. The molecule has 0 bridgehead atoms. The summed E-state index contributed by atoms with van der Waals surface area (Å²) < 4.78 is 0. The number of benzene rings is 1. The highest BCUT2D eigenvalue weighted by molar-refractivity contribution is 6.18. The zero-order valence-corrected chi connectivity index (χ0v) is 9.77. The molecule has 0 aliphatic heterocycles. The summed E-state index contributed by atoms with van der Waals surface area (Å²) in [5.74, 6) is -0.437. The van der Waals surface area contributed by atoms with Crippen LogP contribution in [-0.4, -0.2) is 11.6 Å². The predicted molar refractivity (Wildman–Crippen MR) is 68.9 cm³/mol. The van der Waals surface area contributed by atoms with Crippen LogP contribution in [0.15, 0.2) is 66.8 Å². The Bertz CT molecular complexity index is 493. The minimum Gasteiger partial charge on any atom is -0.295 e. The van der Waals surface area contributed by atoms with Gasteiger partial charge in [-0.3, -0.25) is 9.59 Å². The first kappa shape index (κ1) is 12.8. The lowest BCUT2D eigenvalue weighted by Gasteiger charge is -2.06. The summed E-state index contributed by atoms with van der Waals surface area (Å²) in [5.41, 5.74) is 1.03. The molecule has 0 unspecified atom stereocenters.